The monoisotopic (exact) mass is 447 g/mol. The molecule has 1 saturated heterocycles. The molecule has 2 aromatic carbocycles. The Labute approximate surface area is 195 Å². The number of carbonyl (C=O) groups excluding carboxylic acids is 2. The lowest BCUT2D eigenvalue weighted by atomic mass is 10.1. The zero-order valence-corrected chi connectivity index (χ0v) is 19.6. The molecule has 2 amide bonds. The van der Waals surface area contributed by atoms with Gasteiger partial charge in [-0.1, -0.05) is 36.4 Å². The molecule has 0 unspecified atom stereocenters. The number of likely N-dealkylation sites (N-methyl/N-ethyl adjacent to an activating group) is 1. The molecule has 3 aromatic rings. The number of aryl methyl sites for hydroxylation is 2. The van der Waals surface area contributed by atoms with Gasteiger partial charge in [0.15, 0.2) is 0 Å². The Hall–Kier alpha value is -3.16. The third-order valence-electron chi connectivity index (χ3n) is 6.58. The standard InChI is InChI=1S/C26H33N5O2/c1-18-19(2)29-23-10-9-21(13-22(18)23)14-28-25(32)17-31-12-11-30(16-24(31)26(33)27-3)15-20-7-5-4-6-8-20/h4-10,13,24,29H,11-12,14-17H2,1-3H3,(H,27,33)(H,28,32)/t24-/m1/s1. The van der Waals surface area contributed by atoms with Gasteiger partial charge in [0.25, 0.3) is 0 Å². The maximum Gasteiger partial charge on any atom is 0.238 e. The molecule has 1 aliphatic heterocycles. The Kier molecular flexibility index (Phi) is 7.11. The van der Waals surface area contributed by atoms with Crippen molar-refractivity contribution in [1.29, 1.82) is 0 Å². The van der Waals surface area contributed by atoms with E-state index >= 15 is 0 Å². The highest BCUT2D eigenvalue weighted by Crippen LogP contribution is 2.22. The largest absolute Gasteiger partial charge is 0.358 e. The van der Waals surface area contributed by atoms with Crippen molar-refractivity contribution in [3.8, 4) is 0 Å². The van der Waals surface area contributed by atoms with Crippen LogP contribution in [0.25, 0.3) is 10.9 Å². The van der Waals surface area contributed by atoms with Gasteiger partial charge in [-0.3, -0.25) is 19.4 Å². The summed E-state index contributed by atoms with van der Waals surface area (Å²) in [4.78, 5) is 33.0. The number of rotatable bonds is 7. The Bertz CT molecular complexity index is 1120. The molecule has 1 aromatic heterocycles. The summed E-state index contributed by atoms with van der Waals surface area (Å²) in [7, 11) is 1.65. The molecule has 0 radical (unpaired) electrons. The first kappa shape index (κ1) is 23.0. The molecule has 1 atom stereocenters. The molecule has 4 rings (SSSR count). The summed E-state index contributed by atoms with van der Waals surface area (Å²) in [5, 5.41) is 6.98. The molecule has 0 bridgehead atoms. The second kappa shape index (κ2) is 10.2. The number of aromatic amines is 1. The average Bonchev–Trinajstić information content (AvgIpc) is 3.11. The predicted octanol–water partition coefficient (Wildman–Crippen LogP) is 2.33. The Morgan fingerprint density at radius 3 is 2.61 bits per heavy atom. The van der Waals surface area contributed by atoms with E-state index in [9.17, 15) is 9.59 Å². The van der Waals surface area contributed by atoms with Crippen LogP contribution in [0.5, 0.6) is 0 Å². The molecule has 33 heavy (non-hydrogen) atoms. The van der Waals surface area contributed by atoms with Crippen LogP contribution in [0.1, 0.15) is 22.4 Å². The lowest BCUT2D eigenvalue weighted by molar-refractivity contribution is -0.131. The number of hydrogen-bond donors (Lipinski definition) is 3. The number of hydrogen-bond acceptors (Lipinski definition) is 4. The van der Waals surface area contributed by atoms with E-state index in [1.54, 1.807) is 7.05 Å². The Morgan fingerprint density at radius 1 is 1.06 bits per heavy atom. The number of fused-ring (bicyclic) bond motifs is 1. The first-order chi connectivity index (χ1) is 15.9. The highest BCUT2D eigenvalue weighted by molar-refractivity contribution is 5.85. The van der Waals surface area contributed by atoms with Gasteiger partial charge in [-0.05, 0) is 42.7 Å². The minimum absolute atomic E-state index is 0.0516. The van der Waals surface area contributed by atoms with Crippen molar-refractivity contribution in [1.82, 2.24) is 25.4 Å². The van der Waals surface area contributed by atoms with E-state index in [2.05, 4.69) is 58.6 Å². The van der Waals surface area contributed by atoms with Gasteiger partial charge in [-0.15, -0.1) is 0 Å². The maximum absolute atomic E-state index is 12.7. The number of amides is 2. The number of aromatic nitrogens is 1. The lowest BCUT2D eigenvalue weighted by Gasteiger charge is -2.40. The first-order valence-corrected chi connectivity index (χ1v) is 11.5. The van der Waals surface area contributed by atoms with Crippen molar-refractivity contribution < 1.29 is 9.59 Å². The van der Waals surface area contributed by atoms with Crippen molar-refractivity contribution in [2.24, 2.45) is 0 Å². The summed E-state index contributed by atoms with van der Waals surface area (Å²) in [6.45, 7) is 7.75. The summed E-state index contributed by atoms with van der Waals surface area (Å²) in [5.41, 5.74) is 5.80. The van der Waals surface area contributed by atoms with Gasteiger partial charge in [0.1, 0.15) is 6.04 Å². The molecule has 2 heterocycles. The highest BCUT2D eigenvalue weighted by atomic mass is 16.2. The third-order valence-corrected chi connectivity index (χ3v) is 6.58. The first-order valence-electron chi connectivity index (χ1n) is 11.5. The van der Waals surface area contributed by atoms with Gasteiger partial charge in [0.05, 0.1) is 6.54 Å². The topological polar surface area (TPSA) is 80.5 Å². The smallest absolute Gasteiger partial charge is 0.238 e. The van der Waals surface area contributed by atoms with Gasteiger partial charge in [-0.2, -0.15) is 0 Å². The summed E-state index contributed by atoms with van der Waals surface area (Å²) < 4.78 is 0. The summed E-state index contributed by atoms with van der Waals surface area (Å²) in [5.74, 6) is -0.119. The number of nitrogens with zero attached hydrogens (tertiary/aromatic N) is 2. The average molecular weight is 448 g/mol. The van der Waals surface area contributed by atoms with E-state index in [1.165, 1.54) is 16.5 Å². The van der Waals surface area contributed by atoms with E-state index in [0.717, 1.165) is 29.9 Å². The Balaban J connectivity index is 1.35. The van der Waals surface area contributed by atoms with Crippen LogP contribution in [-0.2, 0) is 22.7 Å². The van der Waals surface area contributed by atoms with Gasteiger partial charge in [0.2, 0.25) is 11.8 Å². The predicted molar refractivity (Wildman–Crippen MR) is 131 cm³/mol. The molecule has 7 heteroatoms. The van der Waals surface area contributed by atoms with Crippen molar-refractivity contribution in [3.63, 3.8) is 0 Å². The van der Waals surface area contributed by atoms with E-state index in [-0.39, 0.29) is 24.4 Å². The number of carbonyl (C=O) groups is 2. The molecule has 7 nitrogen and oxygen atoms in total. The van der Waals surface area contributed by atoms with Crippen molar-refractivity contribution in [3.05, 3.63) is 70.9 Å². The van der Waals surface area contributed by atoms with Crippen LogP contribution >= 0.6 is 0 Å². The molecule has 1 fully saturated rings. The van der Waals surface area contributed by atoms with E-state index in [0.29, 0.717) is 19.6 Å². The second-order valence-corrected chi connectivity index (χ2v) is 8.85. The third kappa shape index (κ3) is 5.43. The SMILES string of the molecule is CNC(=O)[C@H]1CN(Cc2ccccc2)CCN1CC(=O)NCc1ccc2[nH]c(C)c(C)c2c1. The quantitative estimate of drug-likeness (QED) is 0.519. The molecule has 174 valence electrons. The van der Waals surface area contributed by atoms with Gasteiger partial charge < -0.3 is 15.6 Å². The van der Waals surface area contributed by atoms with Crippen LogP contribution in [-0.4, -0.2) is 65.9 Å². The molecule has 1 aliphatic rings. The molecule has 0 aliphatic carbocycles. The normalized spacial score (nSPS) is 17.2. The van der Waals surface area contributed by atoms with Crippen LogP contribution < -0.4 is 10.6 Å². The van der Waals surface area contributed by atoms with Gasteiger partial charge >= 0.3 is 0 Å². The molecular weight excluding hydrogens is 414 g/mol. The number of H-pyrrole nitrogens is 1. The summed E-state index contributed by atoms with van der Waals surface area (Å²) in [6.07, 6.45) is 0. The second-order valence-electron chi connectivity index (χ2n) is 8.85. The van der Waals surface area contributed by atoms with Crippen molar-refractivity contribution in [2.45, 2.75) is 33.0 Å². The fourth-order valence-corrected chi connectivity index (χ4v) is 4.53. The van der Waals surface area contributed by atoms with Crippen molar-refractivity contribution >= 4 is 22.7 Å². The molecular formula is C26H33N5O2. The number of piperazine rings is 1. The summed E-state index contributed by atoms with van der Waals surface area (Å²) in [6, 6.07) is 16.1. The minimum atomic E-state index is -0.347. The number of nitrogens with one attached hydrogen (secondary N) is 3. The van der Waals surface area contributed by atoms with Crippen LogP contribution in [0.2, 0.25) is 0 Å². The van der Waals surface area contributed by atoms with E-state index < -0.39 is 0 Å². The van der Waals surface area contributed by atoms with Gasteiger partial charge in [0, 0.05) is 56.4 Å². The number of benzene rings is 2. The molecule has 0 saturated carbocycles. The van der Waals surface area contributed by atoms with Crippen LogP contribution in [0.15, 0.2) is 48.5 Å². The van der Waals surface area contributed by atoms with E-state index in [4.69, 9.17) is 0 Å². The fourth-order valence-electron chi connectivity index (χ4n) is 4.53. The zero-order chi connectivity index (χ0) is 23.4. The highest BCUT2D eigenvalue weighted by Gasteiger charge is 2.32. The van der Waals surface area contributed by atoms with Crippen LogP contribution in [0.4, 0.5) is 0 Å². The fraction of sp³-hybridized carbons (Fsp3) is 0.385. The Morgan fingerprint density at radius 2 is 1.85 bits per heavy atom. The maximum atomic E-state index is 12.7. The van der Waals surface area contributed by atoms with E-state index in [1.807, 2.05) is 29.2 Å². The van der Waals surface area contributed by atoms with Crippen LogP contribution in [0.3, 0.4) is 0 Å². The van der Waals surface area contributed by atoms with Gasteiger partial charge in [-0.25, -0.2) is 0 Å². The summed E-state index contributed by atoms with van der Waals surface area (Å²) >= 11 is 0. The van der Waals surface area contributed by atoms with Crippen molar-refractivity contribution in [2.75, 3.05) is 33.2 Å². The zero-order valence-electron chi connectivity index (χ0n) is 19.6. The van der Waals surface area contributed by atoms with Crippen LogP contribution in [0, 0.1) is 13.8 Å². The minimum Gasteiger partial charge on any atom is -0.358 e. The molecule has 3 N–H and O–H groups in total. The lowest BCUT2D eigenvalue weighted by Crippen LogP contribution is -2.60. The molecule has 0 spiro atoms.